The quantitative estimate of drug-likeness (QED) is 0.355. The molecule has 0 spiro atoms. The van der Waals surface area contributed by atoms with Crippen molar-refractivity contribution in [3.05, 3.63) is 78.5 Å². The molecule has 0 aliphatic carbocycles. The lowest BCUT2D eigenvalue weighted by molar-refractivity contribution is 0.155. The molecule has 3 aromatic carbocycles. The van der Waals surface area contributed by atoms with Gasteiger partial charge in [-0.3, -0.25) is 10.3 Å². The summed E-state index contributed by atoms with van der Waals surface area (Å²) in [5.41, 5.74) is 2.12. The van der Waals surface area contributed by atoms with Gasteiger partial charge in [-0.25, -0.2) is 4.79 Å². The molecule has 174 valence electrons. The van der Waals surface area contributed by atoms with Gasteiger partial charge >= 0.3 is 6.09 Å². The second-order valence-electron chi connectivity index (χ2n) is 7.21. The summed E-state index contributed by atoms with van der Waals surface area (Å²) in [5.74, 6) is 3.09. The maximum Gasteiger partial charge on any atom is 0.411 e. The monoisotopic (exact) mass is 460 g/mol. The highest BCUT2D eigenvalue weighted by molar-refractivity contribution is 5.88. The molecule has 1 amide bonds. The fourth-order valence-electron chi connectivity index (χ4n) is 3.33. The number of amides is 1. The highest BCUT2D eigenvalue weighted by Gasteiger charge is 2.12. The van der Waals surface area contributed by atoms with Crippen LogP contribution in [0.1, 0.15) is 5.56 Å². The predicted octanol–water partition coefficient (Wildman–Crippen LogP) is 5.80. The second-order valence-corrected chi connectivity index (χ2v) is 7.21. The van der Waals surface area contributed by atoms with Crippen LogP contribution in [-0.4, -0.2) is 32.4 Å². The minimum Gasteiger partial charge on any atom is -0.497 e. The molecule has 0 atom stereocenters. The molecule has 4 aromatic rings. The Labute approximate surface area is 197 Å². The van der Waals surface area contributed by atoms with Crippen molar-refractivity contribution >= 4 is 22.7 Å². The fraction of sp³-hybridized carbons (Fsp3) is 0.154. The van der Waals surface area contributed by atoms with Gasteiger partial charge in [0.05, 0.1) is 26.8 Å². The van der Waals surface area contributed by atoms with Gasteiger partial charge in [0.1, 0.15) is 23.9 Å². The van der Waals surface area contributed by atoms with Crippen molar-refractivity contribution in [3.8, 4) is 28.7 Å². The van der Waals surface area contributed by atoms with E-state index in [9.17, 15) is 4.79 Å². The first-order chi connectivity index (χ1) is 16.6. The third-order valence-electron chi connectivity index (χ3n) is 5.04. The minimum atomic E-state index is -0.558. The first-order valence-corrected chi connectivity index (χ1v) is 10.4. The van der Waals surface area contributed by atoms with Crippen LogP contribution in [0.15, 0.2) is 72.9 Å². The van der Waals surface area contributed by atoms with Gasteiger partial charge in [-0.2, -0.15) is 0 Å². The van der Waals surface area contributed by atoms with Crippen LogP contribution >= 0.6 is 0 Å². The van der Waals surface area contributed by atoms with Gasteiger partial charge in [0.25, 0.3) is 0 Å². The maximum atomic E-state index is 12.2. The van der Waals surface area contributed by atoms with E-state index in [1.807, 2.05) is 30.3 Å². The highest BCUT2D eigenvalue weighted by atomic mass is 16.5. The Morgan fingerprint density at radius 1 is 0.824 bits per heavy atom. The number of rotatable bonds is 8. The third kappa shape index (κ3) is 5.29. The Morgan fingerprint density at radius 3 is 2.32 bits per heavy atom. The zero-order valence-corrected chi connectivity index (χ0v) is 19.0. The number of hydrogen-bond donors (Lipinski definition) is 1. The molecule has 1 heterocycles. The molecule has 1 aromatic heterocycles. The van der Waals surface area contributed by atoms with Crippen molar-refractivity contribution in [2.45, 2.75) is 6.61 Å². The van der Waals surface area contributed by atoms with Crippen LogP contribution in [0.4, 0.5) is 10.5 Å². The molecule has 8 heteroatoms. The number of methoxy groups -OCH3 is 3. The van der Waals surface area contributed by atoms with E-state index >= 15 is 0 Å². The van der Waals surface area contributed by atoms with Crippen LogP contribution in [-0.2, 0) is 11.3 Å². The molecule has 0 unspecified atom stereocenters. The van der Waals surface area contributed by atoms with E-state index in [1.165, 1.54) is 0 Å². The molecule has 0 radical (unpaired) electrons. The number of carbonyl (C=O) groups is 1. The standard InChI is InChI=1S/C26H24N2O6/c1-30-20-6-4-5-17(13-20)16-33-26(29)28-18-7-9-19(10-8-18)34-23-11-12-27-22-15-25(32-3)24(31-2)14-21(22)23/h4-15H,16H2,1-3H3,(H,28,29). The maximum absolute atomic E-state index is 12.2. The number of aromatic nitrogens is 1. The van der Waals surface area contributed by atoms with Gasteiger partial charge < -0.3 is 23.7 Å². The number of benzene rings is 3. The lowest BCUT2D eigenvalue weighted by Crippen LogP contribution is -2.13. The molecule has 4 rings (SSSR count). The molecule has 0 fully saturated rings. The van der Waals surface area contributed by atoms with E-state index in [0.717, 1.165) is 10.9 Å². The summed E-state index contributed by atoms with van der Waals surface area (Å²) >= 11 is 0. The number of hydrogen-bond acceptors (Lipinski definition) is 7. The summed E-state index contributed by atoms with van der Waals surface area (Å²) in [6.45, 7) is 0.133. The second kappa shape index (κ2) is 10.4. The first kappa shape index (κ1) is 22.7. The topological polar surface area (TPSA) is 88.1 Å². The summed E-state index contributed by atoms with van der Waals surface area (Å²) < 4.78 is 27.3. The first-order valence-electron chi connectivity index (χ1n) is 10.4. The molecule has 0 aliphatic heterocycles. The smallest absolute Gasteiger partial charge is 0.411 e. The number of nitrogens with one attached hydrogen (secondary N) is 1. The number of nitrogens with zero attached hydrogens (tertiary/aromatic N) is 1. The van der Waals surface area contributed by atoms with Gasteiger partial charge in [0, 0.05) is 23.3 Å². The highest BCUT2D eigenvalue weighted by Crippen LogP contribution is 2.37. The van der Waals surface area contributed by atoms with E-state index in [2.05, 4.69) is 10.3 Å². The SMILES string of the molecule is COc1cccc(COC(=O)Nc2ccc(Oc3ccnc4cc(OC)c(OC)cc34)cc2)c1. The Hall–Kier alpha value is -4.46. The van der Waals surface area contributed by atoms with Crippen LogP contribution < -0.4 is 24.3 Å². The molecule has 0 saturated heterocycles. The number of fused-ring (bicyclic) bond motifs is 1. The Kier molecular flexibility index (Phi) is 6.98. The lowest BCUT2D eigenvalue weighted by Gasteiger charge is -2.13. The summed E-state index contributed by atoms with van der Waals surface area (Å²) in [4.78, 5) is 16.5. The van der Waals surface area contributed by atoms with E-state index in [0.29, 0.717) is 40.0 Å². The largest absolute Gasteiger partial charge is 0.497 e. The average molecular weight is 460 g/mol. The van der Waals surface area contributed by atoms with Crippen molar-refractivity contribution in [2.75, 3.05) is 26.6 Å². The minimum absolute atomic E-state index is 0.133. The average Bonchev–Trinajstić information content (AvgIpc) is 2.88. The number of anilines is 1. The van der Waals surface area contributed by atoms with Crippen LogP contribution in [0.3, 0.4) is 0 Å². The van der Waals surface area contributed by atoms with Crippen LogP contribution in [0, 0.1) is 0 Å². The summed E-state index contributed by atoms with van der Waals surface area (Å²) in [5, 5.41) is 3.48. The van der Waals surface area contributed by atoms with Crippen molar-refractivity contribution in [1.82, 2.24) is 4.98 Å². The summed E-state index contributed by atoms with van der Waals surface area (Å²) in [7, 11) is 4.74. The van der Waals surface area contributed by atoms with Gasteiger partial charge in [0.2, 0.25) is 0 Å². The van der Waals surface area contributed by atoms with Crippen molar-refractivity contribution < 1.29 is 28.5 Å². The van der Waals surface area contributed by atoms with Crippen molar-refractivity contribution in [2.24, 2.45) is 0 Å². The number of carbonyl (C=O) groups excluding carboxylic acids is 1. The normalized spacial score (nSPS) is 10.4. The zero-order valence-electron chi connectivity index (χ0n) is 19.0. The molecule has 0 bridgehead atoms. The Morgan fingerprint density at radius 2 is 1.59 bits per heavy atom. The van der Waals surface area contributed by atoms with Gasteiger partial charge in [-0.05, 0) is 54.1 Å². The summed E-state index contributed by atoms with van der Waals surface area (Å²) in [6, 6.07) is 19.7. The molecule has 0 aliphatic rings. The fourth-order valence-corrected chi connectivity index (χ4v) is 3.33. The van der Waals surface area contributed by atoms with E-state index in [4.69, 9.17) is 23.7 Å². The number of pyridine rings is 1. The van der Waals surface area contributed by atoms with Gasteiger partial charge in [-0.15, -0.1) is 0 Å². The molecular formula is C26H24N2O6. The van der Waals surface area contributed by atoms with Crippen LogP contribution in [0.2, 0.25) is 0 Å². The molecule has 0 saturated carbocycles. The van der Waals surface area contributed by atoms with Gasteiger partial charge in [0.15, 0.2) is 11.5 Å². The predicted molar refractivity (Wildman–Crippen MR) is 128 cm³/mol. The van der Waals surface area contributed by atoms with Crippen molar-refractivity contribution in [3.63, 3.8) is 0 Å². The van der Waals surface area contributed by atoms with Crippen LogP contribution in [0.25, 0.3) is 10.9 Å². The van der Waals surface area contributed by atoms with Crippen LogP contribution in [0.5, 0.6) is 28.7 Å². The molecule has 1 N–H and O–H groups in total. The third-order valence-corrected chi connectivity index (χ3v) is 5.04. The zero-order chi connectivity index (χ0) is 23.9. The molecular weight excluding hydrogens is 436 g/mol. The Bertz CT molecular complexity index is 1290. The number of ether oxygens (including phenoxy) is 5. The lowest BCUT2D eigenvalue weighted by atomic mass is 10.2. The molecule has 34 heavy (non-hydrogen) atoms. The van der Waals surface area contributed by atoms with E-state index in [-0.39, 0.29) is 6.61 Å². The van der Waals surface area contributed by atoms with Gasteiger partial charge in [-0.1, -0.05) is 12.1 Å². The van der Waals surface area contributed by atoms with E-state index in [1.54, 1.807) is 63.9 Å². The molecule has 8 nitrogen and oxygen atoms in total. The Balaban J connectivity index is 1.41. The van der Waals surface area contributed by atoms with E-state index < -0.39 is 6.09 Å². The van der Waals surface area contributed by atoms with Crippen molar-refractivity contribution in [1.29, 1.82) is 0 Å². The summed E-state index contributed by atoms with van der Waals surface area (Å²) in [6.07, 6.45) is 1.11.